The van der Waals surface area contributed by atoms with Gasteiger partial charge in [-0.2, -0.15) is 0 Å². The molecule has 1 heterocycles. The topological polar surface area (TPSA) is 59.4 Å². The van der Waals surface area contributed by atoms with Crippen LogP contribution in [0.5, 0.6) is 5.75 Å². The minimum atomic E-state index is -0.929. The normalized spacial score (nSPS) is 10.3. The molecule has 0 fully saturated rings. The largest absolute Gasteiger partial charge is 0.493 e. The first-order valence-electron chi connectivity index (χ1n) is 5.52. The number of carboxylic acids is 1. The van der Waals surface area contributed by atoms with Crippen LogP contribution in [-0.2, 0) is 6.42 Å². The molecule has 0 saturated heterocycles. The van der Waals surface area contributed by atoms with Crippen molar-refractivity contribution in [3.8, 4) is 5.75 Å². The molecule has 0 aliphatic rings. The zero-order chi connectivity index (χ0) is 13.0. The minimum Gasteiger partial charge on any atom is -0.493 e. The Hall–Kier alpha value is -1.88. The number of ether oxygens (including phenoxy) is 1. The fourth-order valence-corrected chi connectivity index (χ4v) is 2.28. The summed E-state index contributed by atoms with van der Waals surface area (Å²) in [6.07, 6.45) is 0.817. The molecule has 1 aromatic heterocycles. The van der Waals surface area contributed by atoms with Crippen molar-refractivity contribution in [2.45, 2.75) is 13.3 Å². The molecule has 0 atom stereocenters. The lowest BCUT2D eigenvalue weighted by Gasteiger charge is -2.05. The zero-order valence-corrected chi connectivity index (χ0v) is 10.7. The van der Waals surface area contributed by atoms with Gasteiger partial charge in [0.2, 0.25) is 0 Å². The van der Waals surface area contributed by atoms with Crippen molar-refractivity contribution in [3.05, 3.63) is 45.9 Å². The number of thiazole rings is 1. The SMILES string of the molecule is Cc1ncsc1CCOc1ccc(C(=O)O)cc1. The van der Waals surface area contributed by atoms with Gasteiger partial charge >= 0.3 is 5.97 Å². The quantitative estimate of drug-likeness (QED) is 0.901. The van der Waals surface area contributed by atoms with Gasteiger partial charge in [0, 0.05) is 11.3 Å². The number of aryl methyl sites for hydroxylation is 1. The van der Waals surface area contributed by atoms with Crippen LogP contribution in [-0.4, -0.2) is 22.7 Å². The van der Waals surface area contributed by atoms with Gasteiger partial charge in [0.15, 0.2) is 0 Å². The van der Waals surface area contributed by atoms with Crippen LogP contribution in [0, 0.1) is 6.92 Å². The molecule has 0 unspecified atom stereocenters. The second kappa shape index (κ2) is 5.64. The Balaban J connectivity index is 1.87. The first-order chi connectivity index (χ1) is 8.66. The lowest BCUT2D eigenvalue weighted by atomic mass is 10.2. The molecule has 0 aliphatic heterocycles. The van der Waals surface area contributed by atoms with E-state index in [0.29, 0.717) is 12.4 Å². The predicted molar refractivity (Wildman–Crippen MR) is 69.5 cm³/mol. The summed E-state index contributed by atoms with van der Waals surface area (Å²) in [5.74, 6) is -0.246. The molecule has 1 aromatic carbocycles. The lowest BCUT2D eigenvalue weighted by molar-refractivity contribution is 0.0697. The van der Waals surface area contributed by atoms with E-state index in [1.54, 1.807) is 23.5 Å². The molecule has 0 aliphatic carbocycles. The summed E-state index contributed by atoms with van der Waals surface area (Å²) in [7, 11) is 0. The Morgan fingerprint density at radius 1 is 1.39 bits per heavy atom. The van der Waals surface area contributed by atoms with Crippen LogP contribution in [0.2, 0.25) is 0 Å². The molecule has 18 heavy (non-hydrogen) atoms. The van der Waals surface area contributed by atoms with Gasteiger partial charge in [-0.3, -0.25) is 0 Å². The van der Waals surface area contributed by atoms with Crippen molar-refractivity contribution in [3.63, 3.8) is 0 Å². The molecule has 4 nitrogen and oxygen atoms in total. The van der Waals surface area contributed by atoms with Crippen molar-refractivity contribution in [1.29, 1.82) is 0 Å². The lowest BCUT2D eigenvalue weighted by Crippen LogP contribution is -2.02. The Bertz CT molecular complexity index is 533. The van der Waals surface area contributed by atoms with E-state index in [4.69, 9.17) is 9.84 Å². The van der Waals surface area contributed by atoms with Crippen molar-refractivity contribution in [2.24, 2.45) is 0 Å². The number of hydrogen-bond acceptors (Lipinski definition) is 4. The first-order valence-corrected chi connectivity index (χ1v) is 6.40. The highest BCUT2D eigenvalue weighted by molar-refractivity contribution is 7.09. The highest BCUT2D eigenvalue weighted by Gasteiger charge is 2.04. The van der Waals surface area contributed by atoms with Gasteiger partial charge in [-0.05, 0) is 31.2 Å². The zero-order valence-electron chi connectivity index (χ0n) is 9.92. The molecule has 2 rings (SSSR count). The highest BCUT2D eigenvalue weighted by Crippen LogP contribution is 2.15. The molecule has 0 spiro atoms. The maximum atomic E-state index is 10.7. The first kappa shape index (κ1) is 12.6. The number of nitrogens with zero attached hydrogens (tertiary/aromatic N) is 1. The van der Waals surface area contributed by atoms with Gasteiger partial charge in [0.25, 0.3) is 0 Å². The smallest absolute Gasteiger partial charge is 0.335 e. The van der Waals surface area contributed by atoms with Crippen LogP contribution in [0.25, 0.3) is 0 Å². The van der Waals surface area contributed by atoms with Gasteiger partial charge in [0.1, 0.15) is 5.75 Å². The summed E-state index contributed by atoms with van der Waals surface area (Å²) in [5, 5.41) is 8.76. The number of benzene rings is 1. The van der Waals surface area contributed by atoms with Gasteiger partial charge in [-0.25, -0.2) is 9.78 Å². The highest BCUT2D eigenvalue weighted by atomic mass is 32.1. The van der Waals surface area contributed by atoms with E-state index in [9.17, 15) is 4.79 Å². The van der Waals surface area contributed by atoms with E-state index in [1.165, 1.54) is 17.0 Å². The average molecular weight is 263 g/mol. The second-order valence-electron chi connectivity index (χ2n) is 3.79. The van der Waals surface area contributed by atoms with Crippen molar-refractivity contribution in [2.75, 3.05) is 6.61 Å². The van der Waals surface area contributed by atoms with Crippen LogP contribution in [0.4, 0.5) is 0 Å². The van der Waals surface area contributed by atoms with Gasteiger partial charge in [0.05, 0.1) is 23.4 Å². The van der Waals surface area contributed by atoms with E-state index >= 15 is 0 Å². The van der Waals surface area contributed by atoms with Gasteiger partial charge in [-0.15, -0.1) is 11.3 Å². The van der Waals surface area contributed by atoms with E-state index < -0.39 is 5.97 Å². The Morgan fingerprint density at radius 3 is 2.67 bits per heavy atom. The Kier molecular flexibility index (Phi) is 3.94. The Morgan fingerprint density at radius 2 is 2.11 bits per heavy atom. The molecular weight excluding hydrogens is 250 g/mol. The number of carbonyl (C=O) groups is 1. The maximum absolute atomic E-state index is 10.7. The molecule has 5 heteroatoms. The van der Waals surface area contributed by atoms with Gasteiger partial charge in [-0.1, -0.05) is 0 Å². The number of hydrogen-bond donors (Lipinski definition) is 1. The third-order valence-corrected chi connectivity index (χ3v) is 3.54. The molecule has 0 amide bonds. The monoisotopic (exact) mass is 263 g/mol. The molecule has 0 bridgehead atoms. The third-order valence-electron chi connectivity index (χ3n) is 2.54. The summed E-state index contributed by atoms with van der Waals surface area (Å²) in [4.78, 5) is 16.1. The average Bonchev–Trinajstić information content (AvgIpc) is 2.76. The second-order valence-corrected chi connectivity index (χ2v) is 4.73. The molecule has 0 radical (unpaired) electrons. The fraction of sp³-hybridized carbons (Fsp3) is 0.231. The summed E-state index contributed by atoms with van der Waals surface area (Å²) in [5.41, 5.74) is 3.14. The third kappa shape index (κ3) is 3.07. The van der Waals surface area contributed by atoms with Crippen molar-refractivity contribution >= 4 is 17.3 Å². The standard InChI is InChI=1S/C13H13NO3S/c1-9-12(18-8-14-9)6-7-17-11-4-2-10(3-5-11)13(15)16/h2-5,8H,6-7H2,1H3,(H,15,16). The number of aromatic carboxylic acids is 1. The van der Waals surface area contributed by atoms with E-state index in [0.717, 1.165) is 12.1 Å². The van der Waals surface area contributed by atoms with E-state index in [2.05, 4.69) is 4.98 Å². The van der Waals surface area contributed by atoms with Crippen LogP contribution in [0.15, 0.2) is 29.8 Å². The molecule has 94 valence electrons. The van der Waals surface area contributed by atoms with E-state index in [1.807, 2.05) is 12.4 Å². The van der Waals surface area contributed by atoms with Crippen molar-refractivity contribution in [1.82, 2.24) is 4.98 Å². The number of rotatable bonds is 5. The summed E-state index contributed by atoms with van der Waals surface area (Å²) in [6.45, 7) is 2.54. The molecule has 0 saturated carbocycles. The molecule has 2 aromatic rings. The Labute approximate surface area is 109 Å². The van der Waals surface area contributed by atoms with Crippen LogP contribution >= 0.6 is 11.3 Å². The maximum Gasteiger partial charge on any atom is 0.335 e. The predicted octanol–water partition coefficient (Wildman–Crippen LogP) is 2.77. The fourth-order valence-electron chi connectivity index (χ4n) is 1.52. The number of aromatic nitrogens is 1. The van der Waals surface area contributed by atoms with Crippen LogP contribution in [0.1, 0.15) is 20.9 Å². The summed E-state index contributed by atoms with van der Waals surface area (Å²) >= 11 is 1.62. The van der Waals surface area contributed by atoms with E-state index in [-0.39, 0.29) is 5.56 Å². The minimum absolute atomic E-state index is 0.264. The summed E-state index contributed by atoms with van der Waals surface area (Å²) in [6, 6.07) is 6.41. The van der Waals surface area contributed by atoms with Gasteiger partial charge < -0.3 is 9.84 Å². The van der Waals surface area contributed by atoms with Crippen LogP contribution in [0.3, 0.4) is 0 Å². The number of carboxylic acid groups (broad SMARTS) is 1. The molecule has 1 N–H and O–H groups in total. The van der Waals surface area contributed by atoms with Crippen LogP contribution < -0.4 is 4.74 Å². The summed E-state index contributed by atoms with van der Waals surface area (Å²) < 4.78 is 5.56. The molecular formula is C13H13NO3S. The van der Waals surface area contributed by atoms with Crippen molar-refractivity contribution < 1.29 is 14.6 Å².